The van der Waals surface area contributed by atoms with E-state index in [9.17, 15) is 23.3 Å². The fourth-order valence-electron chi connectivity index (χ4n) is 4.20. The summed E-state index contributed by atoms with van der Waals surface area (Å²) in [6.07, 6.45) is 1.29. The molecule has 0 bridgehead atoms. The molecule has 14 heteroatoms. The van der Waals surface area contributed by atoms with Gasteiger partial charge in [0.05, 0.1) is 49.2 Å². The summed E-state index contributed by atoms with van der Waals surface area (Å²) in [6, 6.07) is 16.5. The Morgan fingerprint density at radius 2 is 1.80 bits per heavy atom. The van der Waals surface area contributed by atoms with Crippen molar-refractivity contribution >= 4 is 39.2 Å². The molecule has 4 rings (SSSR count). The molecule has 1 heterocycles. The average molecular weight is 584 g/mol. The van der Waals surface area contributed by atoms with Gasteiger partial charge in [0, 0.05) is 36.5 Å². The number of carbonyl (C=O) groups excluding carboxylic acids is 1. The summed E-state index contributed by atoms with van der Waals surface area (Å²) >= 11 is 0. The van der Waals surface area contributed by atoms with Crippen LogP contribution >= 0.6 is 0 Å². The quantitative estimate of drug-likeness (QED) is 0.204. The van der Waals surface area contributed by atoms with Crippen LogP contribution in [0.3, 0.4) is 0 Å². The number of nitro groups is 1. The number of benzene rings is 3. The summed E-state index contributed by atoms with van der Waals surface area (Å²) < 4.78 is 44.2. The number of amides is 1. The smallest absolute Gasteiger partial charge is 0.270 e. The highest BCUT2D eigenvalue weighted by molar-refractivity contribution is 7.92. The number of hydrogen-bond donors (Lipinski definition) is 1. The van der Waals surface area contributed by atoms with Gasteiger partial charge >= 0.3 is 0 Å². The van der Waals surface area contributed by atoms with Gasteiger partial charge in [-0.15, -0.1) is 0 Å². The summed E-state index contributed by atoms with van der Waals surface area (Å²) in [5.41, 5.74) is 3.46. The Hall–Kier alpha value is -4.69. The SMILES string of the molecule is COc1ccc(S(=O)(=O)N(CC(=O)N/N=C\c2cc([N+](=O)[O-])ccc2N2CCOCC2)c2ccccc2OC)cc1. The Labute approximate surface area is 237 Å². The highest BCUT2D eigenvalue weighted by atomic mass is 32.2. The van der Waals surface area contributed by atoms with E-state index < -0.39 is 27.4 Å². The molecule has 0 aliphatic carbocycles. The van der Waals surface area contributed by atoms with Gasteiger partial charge in [-0.3, -0.25) is 19.2 Å². The number of methoxy groups -OCH3 is 2. The molecular weight excluding hydrogens is 554 g/mol. The third-order valence-corrected chi connectivity index (χ3v) is 8.03. The molecule has 41 heavy (non-hydrogen) atoms. The van der Waals surface area contributed by atoms with Crippen LogP contribution in [-0.2, 0) is 19.6 Å². The van der Waals surface area contributed by atoms with Gasteiger partial charge in [0.25, 0.3) is 21.6 Å². The first kappa shape index (κ1) is 29.3. The number of nitrogens with zero attached hydrogens (tertiary/aromatic N) is 4. The van der Waals surface area contributed by atoms with Gasteiger partial charge in [-0.25, -0.2) is 13.8 Å². The van der Waals surface area contributed by atoms with Gasteiger partial charge in [-0.1, -0.05) is 12.1 Å². The van der Waals surface area contributed by atoms with E-state index in [0.29, 0.717) is 43.3 Å². The van der Waals surface area contributed by atoms with Gasteiger partial charge in [0.15, 0.2) is 0 Å². The zero-order chi connectivity index (χ0) is 29.4. The van der Waals surface area contributed by atoms with E-state index >= 15 is 0 Å². The van der Waals surface area contributed by atoms with E-state index in [1.54, 1.807) is 24.3 Å². The van der Waals surface area contributed by atoms with Crippen LogP contribution in [0.25, 0.3) is 0 Å². The number of anilines is 2. The first-order valence-corrected chi connectivity index (χ1v) is 13.9. The van der Waals surface area contributed by atoms with Gasteiger partial charge in [0.2, 0.25) is 0 Å². The molecule has 0 unspecified atom stereocenters. The molecule has 3 aromatic rings. The molecule has 1 aliphatic heterocycles. The summed E-state index contributed by atoms with van der Waals surface area (Å²) in [6.45, 7) is 1.55. The number of ether oxygens (including phenoxy) is 3. The Morgan fingerprint density at radius 3 is 2.46 bits per heavy atom. The van der Waals surface area contributed by atoms with E-state index in [1.807, 2.05) is 4.90 Å². The summed E-state index contributed by atoms with van der Waals surface area (Å²) in [5.74, 6) is -0.0345. The predicted molar refractivity (Wildman–Crippen MR) is 152 cm³/mol. The standard InChI is InChI=1S/C27H29N5O8S/c1-38-22-8-10-23(11-9-22)41(36,37)31(25-5-3-4-6-26(25)39-2)19-27(33)29-28-18-20-17-21(32(34)35)7-12-24(20)30-13-15-40-16-14-30/h3-12,17-18H,13-16,19H2,1-2H3,(H,29,33)/b28-18-. The number of morpholine rings is 1. The van der Waals surface area contributed by atoms with Crippen LogP contribution in [0.2, 0.25) is 0 Å². The van der Waals surface area contributed by atoms with E-state index in [4.69, 9.17) is 14.2 Å². The van der Waals surface area contributed by atoms with E-state index in [1.165, 1.54) is 62.9 Å². The zero-order valence-electron chi connectivity index (χ0n) is 22.4. The third-order valence-electron chi connectivity index (χ3n) is 6.26. The van der Waals surface area contributed by atoms with Crippen LogP contribution in [0, 0.1) is 10.1 Å². The molecule has 1 fully saturated rings. The van der Waals surface area contributed by atoms with E-state index in [0.717, 1.165) is 4.31 Å². The van der Waals surface area contributed by atoms with Gasteiger partial charge in [0.1, 0.15) is 18.0 Å². The third kappa shape index (κ3) is 6.91. The van der Waals surface area contributed by atoms with Crippen molar-refractivity contribution in [3.05, 3.63) is 82.4 Å². The molecule has 0 atom stereocenters. The fraction of sp³-hybridized carbons (Fsp3) is 0.259. The van der Waals surface area contributed by atoms with Crippen molar-refractivity contribution in [3.63, 3.8) is 0 Å². The molecule has 1 amide bonds. The lowest BCUT2D eigenvalue weighted by Crippen LogP contribution is -2.39. The minimum Gasteiger partial charge on any atom is -0.497 e. The van der Waals surface area contributed by atoms with Gasteiger partial charge < -0.3 is 19.1 Å². The fourth-order valence-corrected chi connectivity index (χ4v) is 5.63. The van der Waals surface area contributed by atoms with Crippen molar-refractivity contribution in [2.24, 2.45) is 5.10 Å². The second kappa shape index (κ2) is 13.1. The first-order valence-electron chi connectivity index (χ1n) is 12.5. The second-order valence-electron chi connectivity index (χ2n) is 8.75. The largest absolute Gasteiger partial charge is 0.497 e. The van der Waals surface area contributed by atoms with Crippen molar-refractivity contribution in [1.82, 2.24) is 5.43 Å². The maximum Gasteiger partial charge on any atom is 0.270 e. The van der Waals surface area contributed by atoms with Crippen LogP contribution in [0.4, 0.5) is 17.1 Å². The lowest BCUT2D eigenvalue weighted by molar-refractivity contribution is -0.384. The number of sulfonamides is 1. The van der Waals surface area contributed by atoms with Crippen molar-refractivity contribution in [1.29, 1.82) is 0 Å². The van der Waals surface area contributed by atoms with Crippen LogP contribution < -0.4 is 24.1 Å². The maximum atomic E-state index is 13.7. The summed E-state index contributed by atoms with van der Waals surface area (Å²) in [7, 11) is -1.37. The van der Waals surface area contributed by atoms with Crippen molar-refractivity contribution in [2.45, 2.75) is 4.90 Å². The van der Waals surface area contributed by atoms with E-state index in [-0.39, 0.29) is 22.0 Å². The second-order valence-corrected chi connectivity index (χ2v) is 10.6. The molecule has 0 saturated carbocycles. The minimum atomic E-state index is -4.23. The normalized spacial score (nSPS) is 13.6. The number of non-ortho nitro benzene ring substituents is 1. The van der Waals surface area contributed by atoms with Crippen LogP contribution in [0.1, 0.15) is 5.56 Å². The molecule has 0 radical (unpaired) electrons. The van der Waals surface area contributed by atoms with Crippen molar-refractivity contribution in [3.8, 4) is 11.5 Å². The number of carbonyl (C=O) groups is 1. The van der Waals surface area contributed by atoms with E-state index in [2.05, 4.69) is 10.5 Å². The molecule has 0 spiro atoms. The van der Waals surface area contributed by atoms with Crippen LogP contribution in [0.5, 0.6) is 11.5 Å². The Balaban J connectivity index is 1.60. The number of nitrogens with one attached hydrogen (secondary N) is 1. The summed E-state index contributed by atoms with van der Waals surface area (Å²) in [4.78, 5) is 25.8. The Morgan fingerprint density at radius 1 is 1.10 bits per heavy atom. The number of nitro benzene ring substituents is 1. The number of rotatable bonds is 11. The molecule has 0 aromatic heterocycles. The maximum absolute atomic E-state index is 13.7. The van der Waals surface area contributed by atoms with Crippen molar-refractivity contribution < 1.29 is 32.3 Å². The van der Waals surface area contributed by atoms with Gasteiger partial charge in [-0.05, 0) is 42.5 Å². The Bertz CT molecular complexity index is 1520. The van der Waals surface area contributed by atoms with Crippen molar-refractivity contribution in [2.75, 3.05) is 56.3 Å². The van der Waals surface area contributed by atoms with Gasteiger partial charge in [-0.2, -0.15) is 5.10 Å². The first-order chi connectivity index (χ1) is 19.7. The zero-order valence-corrected chi connectivity index (χ0v) is 23.2. The number of hydrogen-bond acceptors (Lipinski definition) is 10. The average Bonchev–Trinajstić information content (AvgIpc) is 3.00. The Kier molecular flexibility index (Phi) is 9.37. The number of para-hydroxylation sites is 2. The van der Waals surface area contributed by atoms with Crippen LogP contribution in [-0.4, -0.2) is 72.5 Å². The molecule has 13 nitrogen and oxygen atoms in total. The lowest BCUT2D eigenvalue weighted by atomic mass is 10.1. The number of hydrazone groups is 1. The highest BCUT2D eigenvalue weighted by Crippen LogP contribution is 2.32. The predicted octanol–water partition coefficient (Wildman–Crippen LogP) is 2.79. The lowest BCUT2D eigenvalue weighted by Gasteiger charge is -2.29. The minimum absolute atomic E-state index is 0.0627. The molecule has 1 N–H and O–H groups in total. The topological polar surface area (TPSA) is 153 Å². The highest BCUT2D eigenvalue weighted by Gasteiger charge is 2.29. The summed E-state index contributed by atoms with van der Waals surface area (Å²) in [5, 5.41) is 15.3. The monoisotopic (exact) mass is 583 g/mol. The molecule has 1 saturated heterocycles. The van der Waals surface area contributed by atoms with Crippen LogP contribution in [0.15, 0.2) is 76.7 Å². The molecule has 216 valence electrons. The molecule has 3 aromatic carbocycles. The molecular formula is C27H29N5O8S. The molecule has 1 aliphatic rings.